The van der Waals surface area contributed by atoms with Crippen molar-refractivity contribution in [3.8, 4) is 0 Å². The SMILES string of the molecule is CCn1cc([N+](=O)[O-])cc1C(=O)NC(CO)COC. The van der Waals surface area contributed by atoms with Gasteiger partial charge in [0.05, 0.1) is 30.4 Å². The van der Waals surface area contributed by atoms with Crippen molar-refractivity contribution in [3.05, 3.63) is 28.1 Å². The monoisotopic (exact) mass is 271 g/mol. The fraction of sp³-hybridized carbons (Fsp3) is 0.545. The minimum absolute atomic E-state index is 0.140. The molecule has 0 spiro atoms. The first kappa shape index (κ1) is 15.1. The number of amides is 1. The molecule has 0 radical (unpaired) electrons. The van der Waals surface area contributed by atoms with Gasteiger partial charge in [0.15, 0.2) is 0 Å². The zero-order valence-corrected chi connectivity index (χ0v) is 10.8. The number of aliphatic hydroxyl groups excluding tert-OH is 1. The molecule has 8 heteroatoms. The van der Waals surface area contributed by atoms with Crippen LogP contribution in [0, 0.1) is 10.1 Å². The maximum absolute atomic E-state index is 12.0. The van der Waals surface area contributed by atoms with E-state index in [9.17, 15) is 14.9 Å². The average Bonchev–Trinajstić information content (AvgIpc) is 2.82. The van der Waals surface area contributed by atoms with Crippen molar-refractivity contribution in [2.75, 3.05) is 20.3 Å². The van der Waals surface area contributed by atoms with Gasteiger partial charge in [0.25, 0.3) is 11.6 Å². The maximum Gasteiger partial charge on any atom is 0.287 e. The lowest BCUT2D eigenvalue weighted by Gasteiger charge is -2.15. The number of carbonyl (C=O) groups excluding carboxylic acids is 1. The van der Waals surface area contributed by atoms with Crippen LogP contribution >= 0.6 is 0 Å². The highest BCUT2D eigenvalue weighted by Gasteiger charge is 2.20. The van der Waals surface area contributed by atoms with E-state index in [4.69, 9.17) is 9.84 Å². The fourth-order valence-corrected chi connectivity index (χ4v) is 1.65. The Morgan fingerprint density at radius 1 is 1.68 bits per heavy atom. The quantitative estimate of drug-likeness (QED) is 0.542. The molecule has 0 bridgehead atoms. The highest BCUT2D eigenvalue weighted by molar-refractivity contribution is 5.93. The maximum atomic E-state index is 12.0. The summed E-state index contributed by atoms with van der Waals surface area (Å²) in [6.45, 7) is 2.11. The number of aromatic nitrogens is 1. The van der Waals surface area contributed by atoms with E-state index < -0.39 is 16.9 Å². The van der Waals surface area contributed by atoms with Gasteiger partial charge in [-0.05, 0) is 6.92 Å². The minimum Gasteiger partial charge on any atom is -0.394 e. The van der Waals surface area contributed by atoms with Gasteiger partial charge in [-0.25, -0.2) is 0 Å². The van der Waals surface area contributed by atoms with Gasteiger partial charge in [0, 0.05) is 19.7 Å². The molecule has 0 aliphatic carbocycles. The van der Waals surface area contributed by atoms with Crippen molar-refractivity contribution in [2.24, 2.45) is 0 Å². The Balaban J connectivity index is 2.89. The Morgan fingerprint density at radius 2 is 2.37 bits per heavy atom. The first-order valence-electron chi connectivity index (χ1n) is 5.78. The zero-order valence-electron chi connectivity index (χ0n) is 10.8. The molecule has 1 aromatic rings. The normalized spacial score (nSPS) is 12.2. The van der Waals surface area contributed by atoms with Crippen LogP contribution in [0.3, 0.4) is 0 Å². The molecule has 1 atom stereocenters. The summed E-state index contributed by atoms with van der Waals surface area (Å²) in [5, 5.41) is 22.3. The fourth-order valence-electron chi connectivity index (χ4n) is 1.65. The molecular weight excluding hydrogens is 254 g/mol. The smallest absolute Gasteiger partial charge is 0.287 e. The lowest BCUT2D eigenvalue weighted by molar-refractivity contribution is -0.384. The molecular formula is C11H17N3O5. The molecule has 0 aliphatic heterocycles. The van der Waals surface area contributed by atoms with Crippen molar-refractivity contribution < 1.29 is 19.6 Å². The molecule has 1 rings (SSSR count). The molecule has 8 nitrogen and oxygen atoms in total. The van der Waals surface area contributed by atoms with E-state index >= 15 is 0 Å². The molecule has 1 amide bonds. The Morgan fingerprint density at radius 3 is 2.84 bits per heavy atom. The molecule has 106 valence electrons. The molecule has 0 fully saturated rings. The second kappa shape index (κ2) is 6.86. The molecule has 1 aromatic heterocycles. The molecule has 19 heavy (non-hydrogen) atoms. The van der Waals surface area contributed by atoms with Gasteiger partial charge in [-0.15, -0.1) is 0 Å². The largest absolute Gasteiger partial charge is 0.394 e. The molecule has 0 saturated carbocycles. The number of aryl methyl sites for hydroxylation is 1. The Labute approximate surface area is 110 Å². The van der Waals surface area contributed by atoms with Crippen molar-refractivity contribution in [1.82, 2.24) is 9.88 Å². The Kier molecular flexibility index (Phi) is 5.46. The van der Waals surface area contributed by atoms with E-state index in [-0.39, 0.29) is 24.6 Å². The van der Waals surface area contributed by atoms with E-state index in [0.717, 1.165) is 0 Å². The van der Waals surface area contributed by atoms with Crippen LogP contribution in [0.25, 0.3) is 0 Å². The second-order valence-corrected chi connectivity index (χ2v) is 3.93. The van der Waals surface area contributed by atoms with E-state index in [0.29, 0.717) is 6.54 Å². The Hall–Kier alpha value is -1.93. The Bertz CT molecular complexity index is 457. The third-order valence-corrected chi connectivity index (χ3v) is 2.59. The average molecular weight is 271 g/mol. The van der Waals surface area contributed by atoms with E-state index in [1.54, 1.807) is 6.92 Å². The number of rotatable bonds is 7. The van der Waals surface area contributed by atoms with E-state index in [2.05, 4.69) is 5.32 Å². The van der Waals surface area contributed by atoms with Crippen LogP contribution in [-0.4, -0.2) is 46.9 Å². The van der Waals surface area contributed by atoms with Crippen molar-refractivity contribution in [2.45, 2.75) is 19.5 Å². The van der Waals surface area contributed by atoms with Gasteiger partial charge < -0.3 is 19.7 Å². The van der Waals surface area contributed by atoms with Crippen molar-refractivity contribution >= 4 is 11.6 Å². The van der Waals surface area contributed by atoms with Gasteiger partial charge in [0.1, 0.15) is 5.69 Å². The molecule has 1 unspecified atom stereocenters. The highest BCUT2D eigenvalue weighted by atomic mass is 16.6. The second-order valence-electron chi connectivity index (χ2n) is 3.93. The molecule has 1 heterocycles. The number of ether oxygens (including phenoxy) is 1. The standard InChI is InChI=1S/C11H17N3O5/c1-3-13-5-9(14(17)18)4-10(13)11(16)12-8(6-15)7-19-2/h4-5,8,15H,3,6-7H2,1-2H3,(H,12,16). The molecule has 0 aliphatic rings. The number of hydrogen-bond donors (Lipinski definition) is 2. The van der Waals surface area contributed by atoms with Gasteiger partial charge in [-0.2, -0.15) is 0 Å². The molecule has 2 N–H and O–H groups in total. The van der Waals surface area contributed by atoms with Gasteiger partial charge in [0.2, 0.25) is 0 Å². The number of nitrogens with zero attached hydrogens (tertiary/aromatic N) is 2. The van der Waals surface area contributed by atoms with Crippen LogP contribution in [0.15, 0.2) is 12.3 Å². The van der Waals surface area contributed by atoms with Gasteiger partial charge >= 0.3 is 0 Å². The topological polar surface area (TPSA) is 107 Å². The van der Waals surface area contributed by atoms with E-state index in [1.807, 2.05) is 0 Å². The van der Waals surface area contributed by atoms with Crippen LogP contribution < -0.4 is 5.32 Å². The number of aliphatic hydroxyl groups is 1. The summed E-state index contributed by atoms with van der Waals surface area (Å²) < 4.78 is 6.32. The number of hydrogen-bond acceptors (Lipinski definition) is 5. The summed E-state index contributed by atoms with van der Waals surface area (Å²) in [4.78, 5) is 22.1. The van der Waals surface area contributed by atoms with Crippen LogP contribution in [0.5, 0.6) is 0 Å². The summed E-state index contributed by atoms with van der Waals surface area (Å²) in [6, 6.07) is 0.664. The number of methoxy groups -OCH3 is 1. The lowest BCUT2D eigenvalue weighted by Crippen LogP contribution is -2.41. The van der Waals surface area contributed by atoms with Crippen LogP contribution in [0.4, 0.5) is 5.69 Å². The summed E-state index contributed by atoms with van der Waals surface area (Å²) >= 11 is 0. The van der Waals surface area contributed by atoms with Crippen molar-refractivity contribution in [3.63, 3.8) is 0 Å². The predicted octanol–water partition coefficient (Wildman–Crippen LogP) is 0.153. The van der Waals surface area contributed by atoms with E-state index in [1.165, 1.54) is 23.9 Å². The van der Waals surface area contributed by atoms with Crippen molar-refractivity contribution in [1.29, 1.82) is 0 Å². The summed E-state index contributed by atoms with van der Waals surface area (Å²) in [6.07, 6.45) is 1.30. The van der Waals surface area contributed by atoms with Gasteiger partial charge in [-0.3, -0.25) is 14.9 Å². The van der Waals surface area contributed by atoms with Crippen LogP contribution in [0.1, 0.15) is 17.4 Å². The molecule has 0 aromatic carbocycles. The number of carbonyl (C=O) groups is 1. The summed E-state index contributed by atoms with van der Waals surface area (Å²) in [5.74, 6) is -0.481. The molecule has 0 saturated heterocycles. The lowest BCUT2D eigenvalue weighted by atomic mass is 10.3. The summed E-state index contributed by atoms with van der Waals surface area (Å²) in [7, 11) is 1.45. The highest BCUT2D eigenvalue weighted by Crippen LogP contribution is 2.16. The number of nitro groups is 1. The third kappa shape index (κ3) is 3.76. The van der Waals surface area contributed by atoms with Crippen LogP contribution in [-0.2, 0) is 11.3 Å². The first-order valence-corrected chi connectivity index (χ1v) is 5.78. The number of nitrogens with one attached hydrogen (secondary N) is 1. The predicted molar refractivity (Wildman–Crippen MR) is 67.0 cm³/mol. The third-order valence-electron chi connectivity index (χ3n) is 2.59. The first-order chi connectivity index (χ1) is 9.03. The summed E-state index contributed by atoms with van der Waals surface area (Å²) in [5.41, 5.74) is 0.0445. The zero-order chi connectivity index (χ0) is 14.4. The van der Waals surface area contributed by atoms with Crippen LogP contribution in [0.2, 0.25) is 0 Å². The van der Waals surface area contributed by atoms with Gasteiger partial charge in [-0.1, -0.05) is 0 Å². The minimum atomic E-state index is -0.554.